The number of likely N-dealkylation sites (N-methyl/N-ethyl adjacent to an activating group) is 1. The molecule has 1 aliphatic heterocycles. The van der Waals surface area contributed by atoms with Crippen molar-refractivity contribution in [3.8, 4) is 5.75 Å². The van der Waals surface area contributed by atoms with Gasteiger partial charge in [-0.15, -0.1) is 0 Å². The minimum absolute atomic E-state index is 0.220. The van der Waals surface area contributed by atoms with E-state index in [1.165, 1.54) is 0 Å². The van der Waals surface area contributed by atoms with Crippen molar-refractivity contribution in [2.75, 3.05) is 39.8 Å². The normalized spacial score (nSPS) is 16.0. The number of benzene rings is 1. The predicted octanol–water partition coefficient (Wildman–Crippen LogP) is 1.60. The van der Waals surface area contributed by atoms with Crippen LogP contribution in [0.5, 0.6) is 5.75 Å². The molecule has 0 spiro atoms. The molecule has 3 rings (SSSR count). The lowest BCUT2D eigenvalue weighted by Gasteiger charge is -2.34. The molecule has 0 N–H and O–H groups in total. The molecule has 2 aromatic rings. The topological polar surface area (TPSA) is 50.6 Å². The first-order chi connectivity index (χ1) is 11.2. The van der Waals surface area contributed by atoms with Gasteiger partial charge in [-0.2, -0.15) is 5.10 Å². The minimum Gasteiger partial charge on any atom is -0.497 e. The van der Waals surface area contributed by atoms with Crippen LogP contribution in [-0.2, 0) is 11.3 Å². The van der Waals surface area contributed by atoms with Crippen LogP contribution < -0.4 is 4.74 Å². The lowest BCUT2D eigenvalue weighted by molar-refractivity contribution is -0.133. The lowest BCUT2D eigenvalue weighted by atomic mass is 10.2. The number of fused-ring (bicyclic) bond motifs is 1. The average molecular weight is 316 g/mol. The van der Waals surface area contributed by atoms with E-state index < -0.39 is 0 Å². The summed E-state index contributed by atoms with van der Waals surface area (Å²) in [7, 11) is 1.66. The first-order valence-corrected chi connectivity index (χ1v) is 8.21. The molecule has 1 amide bonds. The van der Waals surface area contributed by atoms with Gasteiger partial charge < -0.3 is 14.5 Å². The summed E-state index contributed by atoms with van der Waals surface area (Å²) in [6.45, 7) is 7.47. The molecule has 2 heterocycles. The van der Waals surface area contributed by atoms with E-state index in [9.17, 15) is 4.79 Å². The number of hydrogen-bond acceptors (Lipinski definition) is 4. The molecule has 23 heavy (non-hydrogen) atoms. The van der Waals surface area contributed by atoms with Crippen LogP contribution in [0.4, 0.5) is 0 Å². The molecular formula is C17H24N4O2. The zero-order valence-corrected chi connectivity index (χ0v) is 13.9. The van der Waals surface area contributed by atoms with Crippen molar-refractivity contribution in [1.29, 1.82) is 0 Å². The number of carbonyl (C=O) groups is 1. The van der Waals surface area contributed by atoms with Gasteiger partial charge in [0.05, 0.1) is 25.4 Å². The summed E-state index contributed by atoms with van der Waals surface area (Å²) < 4.78 is 7.12. The molecule has 1 aromatic heterocycles. The molecule has 0 radical (unpaired) electrons. The fraction of sp³-hybridized carbons (Fsp3) is 0.529. The van der Waals surface area contributed by atoms with Crippen molar-refractivity contribution >= 4 is 16.8 Å². The van der Waals surface area contributed by atoms with E-state index in [0.717, 1.165) is 49.4 Å². The van der Waals surface area contributed by atoms with Gasteiger partial charge in [-0.1, -0.05) is 6.92 Å². The second kappa shape index (κ2) is 7.00. The molecule has 1 aromatic carbocycles. The first-order valence-electron chi connectivity index (χ1n) is 8.21. The Morgan fingerprint density at radius 3 is 2.74 bits per heavy atom. The number of hydrogen-bond donors (Lipinski definition) is 0. The fourth-order valence-electron chi connectivity index (χ4n) is 3.04. The third-order valence-electron chi connectivity index (χ3n) is 4.56. The summed E-state index contributed by atoms with van der Waals surface area (Å²) in [6.07, 6.45) is 2.32. The Labute approximate surface area is 136 Å². The Bertz CT molecular complexity index is 674. The molecule has 124 valence electrons. The van der Waals surface area contributed by atoms with Crippen LogP contribution in [0.25, 0.3) is 10.9 Å². The maximum absolute atomic E-state index is 12.4. The smallest absolute Gasteiger partial charge is 0.224 e. The molecule has 0 bridgehead atoms. The molecule has 1 saturated heterocycles. The van der Waals surface area contributed by atoms with E-state index in [1.54, 1.807) is 7.11 Å². The molecule has 0 unspecified atom stereocenters. The second-order valence-corrected chi connectivity index (χ2v) is 5.86. The largest absolute Gasteiger partial charge is 0.497 e. The Kier molecular flexibility index (Phi) is 4.81. The number of ether oxygens (including phenoxy) is 1. The van der Waals surface area contributed by atoms with E-state index >= 15 is 0 Å². The quantitative estimate of drug-likeness (QED) is 0.841. The van der Waals surface area contributed by atoms with Gasteiger partial charge in [-0.05, 0) is 24.7 Å². The van der Waals surface area contributed by atoms with Gasteiger partial charge in [0.1, 0.15) is 5.75 Å². The third kappa shape index (κ3) is 3.47. The number of aromatic nitrogens is 2. The number of aryl methyl sites for hydroxylation is 1. The van der Waals surface area contributed by atoms with Gasteiger partial charge in [0.25, 0.3) is 0 Å². The highest BCUT2D eigenvalue weighted by Gasteiger charge is 2.20. The summed E-state index contributed by atoms with van der Waals surface area (Å²) in [5, 5.41) is 5.43. The Hall–Kier alpha value is -2.08. The van der Waals surface area contributed by atoms with Gasteiger partial charge in [-0.3, -0.25) is 9.48 Å². The standard InChI is InChI=1S/C17H24N4O2/c1-3-19-8-10-20(11-9-19)17(22)6-7-21-16-5-4-15(23-2)12-14(16)13-18-21/h4-5,12-13H,3,6-11H2,1-2H3. The zero-order chi connectivity index (χ0) is 16.2. The van der Waals surface area contributed by atoms with E-state index in [1.807, 2.05) is 34.0 Å². The highest BCUT2D eigenvalue weighted by molar-refractivity contribution is 5.80. The molecular weight excluding hydrogens is 292 g/mol. The number of methoxy groups -OCH3 is 1. The van der Waals surface area contributed by atoms with Crippen LogP contribution in [0.1, 0.15) is 13.3 Å². The van der Waals surface area contributed by atoms with Gasteiger partial charge in [0.15, 0.2) is 0 Å². The highest BCUT2D eigenvalue weighted by atomic mass is 16.5. The van der Waals surface area contributed by atoms with Crippen molar-refractivity contribution in [2.24, 2.45) is 0 Å². The van der Waals surface area contributed by atoms with Gasteiger partial charge in [0, 0.05) is 38.0 Å². The average Bonchev–Trinajstić information content (AvgIpc) is 3.01. The van der Waals surface area contributed by atoms with Gasteiger partial charge in [0.2, 0.25) is 5.91 Å². The molecule has 0 aliphatic carbocycles. The zero-order valence-electron chi connectivity index (χ0n) is 13.9. The van der Waals surface area contributed by atoms with Crippen LogP contribution in [0.3, 0.4) is 0 Å². The Morgan fingerprint density at radius 1 is 1.26 bits per heavy atom. The summed E-state index contributed by atoms with van der Waals surface area (Å²) in [4.78, 5) is 16.7. The predicted molar refractivity (Wildman–Crippen MR) is 89.6 cm³/mol. The van der Waals surface area contributed by atoms with Crippen molar-refractivity contribution in [3.05, 3.63) is 24.4 Å². The third-order valence-corrected chi connectivity index (χ3v) is 4.56. The van der Waals surface area contributed by atoms with Gasteiger partial charge >= 0.3 is 0 Å². The van der Waals surface area contributed by atoms with E-state index in [-0.39, 0.29) is 5.91 Å². The summed E-state index contributed by atoms with van der Waals surface area (Å²) in [6, 6.07) is 5.88. The van der Waals surface area contributed by atoms with Crippen molar-refractivity contribution in [1.82, 2.24) is 19.6 Å². The molecule has 6 nitrogen and oxygen atoms in total. The fourth-order valence-corrected chi connectivity index (χ4v) is 3.04. The monoisotopic (exact) mass is 316 g/mol. The minimum atomic E-state index is 0.220. The molecule has 6 heteroatoms. The molecule has 1 fully saturated rings. The first kappa shape index (κ1) is 15.8. The van der Waals surface area contributed by atoms with E-state index in [2.05, 4.69) is 16.9 Å². The SMILES string of the molecule is CCN1CCN(C(=O)CCn2ncc3cc(OC)ccc32)CC1. The summed E-state index contributed by atoms with van der Waals surface area (Å²) in [5.41, 5.74) is 1.04. The second-order valence-electron chi connectivity index (χ2n) is 5.86. The number of rotatable bonds is 5. The molecule has 0 saturated carbocycles. The number of piperazine rings is 1. The van der Waals surface area contributed by atoms with Gasteiger partial charge in [-0.25, -0.2) is 0 Å². The van der Waals surface area contributed by atoms with Crippen LogP contribution in [0, 0.1) is 0 Å². The van der Waals surface area contributed by atoms with E-state index in [0.29, 0.717) is 13.0 Å². The van der Waals surface area contributed by atoms with Crippen LogP contribution in [0.15, 0.2) is 24.4 Å². The summed E-state index contributed by atoms with van der Waals surface area (Å²) in [5.74, 6) is 1.04. The Balaban J connectivity index is 1.59. The molecule has 0 atom stereocenters. The molecule has 1 aliphatic rings. The van der Waals surface area contributed by atoms with Crippen LogP contribution in [-0.4, -0.2) is 65.3 Å². The number of amides is 1. The number of carbonyl (C=O) groups excluding carboxylic acids is 1. The van der Waals surface area contributed by atoms with Crippen LogP contribution in [0.2, 0.25) is 0 Å². The number of nitrogens with zero attached hydrogens (tertiary/aromatic N) is 4. The van der Waals surface area contributed by atoms with E-state index in [4.69, 9.17) is 4.74 Å². The Morgan fingerprint density at radius 2 is 2.04 bits per heavy atom. The van der Waals surface area contributed by atoms with Crippen LogP contribution >= 0.6 is 0 Å². The maximum Gasteiger partial charge on any atom is 0.224 e. The van der Waals surface area contributed by atoms with Crippen molar-refractivity contribution in [2.45, 2.75) is 19.9 Å². The van der Waals surface area contributed by atoms with Crippen molar-refractivity contribution < 1.29 is 9.53 Å². The lowest BCUT2D eigenvalue weighted by Crippen LogP contribution is -2.48. The highest BCUT2D eigenvalue weighted by Crippen LogP contribution is 2.20. The summed E-state index contributed by atoms with van der Waals surface area (Å²) >= 11 is 0. The van der Waals surface area contributed by atoms with Crippen molar-refractivity contribution in [3.63, 3.8) is 0 Å². The maximum atomic E-state index is 12.4.